The Bertz CT molecular complexity index is 325. The van der Waals surface area contributed by atoms with Gasteiger partial charge in [-0.25, -0.2) is 4.79 Å². The molecule has 0 aromatic heterocycles. The predicted octanol–water partition coefficient (Wildman–Crippen LogP) is -1.80. The fourth-order valence-electron chi connectivity index (χ4n) is 2.64. The molecular formula is C9H14N2O5. The van der Waals surface area contributed by atoms with E-state index in [4.69, 9.17) is 9.47 Å². The number of aliphatic hydroxyl groups is 2. The topological polar surface area (TPSA) is 91.3 Å². The van der Waals surface area contributed by atoms with Crippen LogP contribution in [-0.4, -0.2) is 64.6 Å². The number of carbonyl (C=O) groups is 1. The molecule has 0 bridgehead atoms. The minimum Gasteiger partial charge on any atom is -0.447 e. The van der Waals surface area contributed by atoms with E-state index in [1.165, 1.54) is 4.90 Å². The number of ether oxygens (including phenoxy) is 2. The number of carbonyl (C=O) groups excluding carboxylic acids is 1. The number of piperidine rings is 1. The van der Waals surface area contributed by atoms with Gasteiger partial charge >= 0.3 is 6.09 Å². The molecule has 3 aliphatic rings. The molecule has 0 saturated carbocycles. The van der Waals surface area contributed by atoms with Gasteiger partial charge in [0.15, 0.2) is 0 Å². The van der Waals surface area contributed by atoms with E-state index in [9.17, 15) is 15.0 Å². The van der Waals surface area contributed by atoms with Crippen molar-refractivity contribution >= 4 is 6.09 Å². The van der Waals surface area contributed by atoms with Crippen molar-refractivity contribution in [2.75, 3.05) is 6.61 Å². The Hall–Kier alpha value is -0.890. The summed E-state index contributed by atoms with van der Waals surface area (Å²) in [5, 5.41) is 22.8. The minimum atomic E-state index is -1.03. The highest BCUT2D eigenvalue weighted by Gasteiger charge is 2.57. The summed E-state index contributed by atoms with van der Waals surface area (Å²) in [5.74, 6) is 0. The number of hydrogen-bond donors (Lipinski definition) is 3. The fourth-order valence-corrected chi connectivity index (χ4v) is 2.64. The molecule has 0 radical (unpaired) electrons. The van der Waals surface area contributed by atoms with Crippen LogP contribution < -0.4 is 5.32 Å². The number of cyclic esters (lactones) is 1. The van der Waals surface area contributed by atoms with Gasteiger partial charge in [0.25, 0.3) is 0 Å². The smallest absolute Gasteiger partial charge is 0.411 e. The standard InChI is InChI=1S/C9H14N2O5/c1-3-10-8-7(16-3)6(13)5(12)4-2-15-9(14)11(4)8/h3-8,10,12-13H,2H2,1H3. The number of hydrogen-bond acceptors (Lipinski definition) is 6. The second-order valence-electron chi connectivity index (χ2n) is 4.39. The van der Waals surface area contributed by atoms with Crippen LogP contribution in [0.1, 0.15) is 6.92 Å². The van der Waals surface area contributed by atoms with Crippen LogP contribution in [0.5, 0.6) is 0 Å². The molecule has 0 spiro atoms. The van der Waals surface area contributed by atoms with E-state index in [0.29, 0.717) is 0 Å². The Kier molecular flexibility index (Phi) is 2.12. The third-order valence-corrected chi connectivity index (χ3v) is 3.40. The van der Waals surface area contributed by atoms with E-state index < -0.39 is 36.6 Å². The molecule has 3 rings (SSSR count). The van der Waals surface area contributed by atoms with Crippen LogP contribution in [0.4, 0.5) is 4.79 Å². The number of aliphatic hydroxyl groups excluding tert-OH is 2. The van der Waals surface area contributed by atoms with Gasteiger partial charge in [0.1, 0.15) is 37.3 Å². The van der Waals surface area contributed by atoms with Gasteiger partial charge in [0.2, 0.25) is 0 Å². The van der Waals surface area contributed by atoms with Crippen LogP contribution in [-0.2, 0) is 9.47 Å². The number of nitrogens with zero attached hydrogens (tertiary/aromatic N) is 1. The lowest BCUT2D eigenvalue weighted by Gasteiger charge is -2.41. The monoisotopic (exact) mass is 230 g/mol. The van der Waals surface area contributed by atoms with Crippen LogP contribution >= 0.6 is 0 Å². The third kappa shape index (κ3) is 1.20. The second-order valence-corrected chi connectivity index (χ2v) is 4.39. The maximum atomic E-state index is 11.5. The number of rotatable bonds is 0. The molecule has 3 fully saturated rings. The maximum absolute atomic E-state index is 11.5. The molecule has 0 aromatic rings. The van der Waals surface area contributed by atoms with Crippen molar-refractivity contribution < 1.29 is 24.5 Å². The van der Waals surface area contributed by atoms with Crippen LogP contribution in [0.15, 0.2) is 0 Å². The first kappa shape index (κ1) is 10.3. The lowest BCUT2D eigenvalue weighted by atomic mass is 9.93. The lowest BCUT2D eigenvalue weighted by Crippen LogP contribution is -2.66. The van der Waals surface area contributed by atoms with Gasteiger partial charge in [0.05, 0.1) is 6.04 Å². The van der Waals surface area contributed by atoms with Crippen molar-refractivity contribution in [3.63, 3.8) is 0 Å². The summed E-state index contributed by atoms with van der Waals surface area (Å²) in [5.41, 5.74) is 0. The van der Waals surface area contributed by atoms with Gasteiger partial charge in [-0.1, -0.05) is 0 Å². The number of fused-ring (bicyclic) bond motifs is 3. The molecule has 6 atom stereocenters. The highest BCUT2D eigenvalue weighted by Crippen LogP contribution is 2.33. The van der Waals surface area contributed by atoms with Crippen molar-refractivity contribution in [2.45, 2.75) is 43.7 Å². The largest absolute Gasteiger partial charge is 0.447 e. The highest BCUT2D eigenvalue weighted by atomic mass is 16.6. The van der Waals surface area contributed by atoms with Gasteiger partial charge in [-0.05, 0) is 6.92 Å². The first-order chi connectivity index (χ1) is 7.59. The molecule has 0 aromatic carbocycles. The Morgan fingerprint density at radius 2 is 2.19 bits per heavy atom. The number of amides is 1. The zero-order valence-corrected chi connectivity index (χ0v) is 8.74. The summed E-state index contributed by atoms with van der Waals surface area (Å²) in [4.78, 5) is 12.9. The summed E-state index contributed by atoms with van der Waals surface area (Å²) in [6.07, 6.45) is -3.79. The van der Waals surface area contributed by atoms with Gasteiger partial charge in [-0.15, -0.1) is 0 Å². The van der Waals surface area contributed by atoms with Crippen LogP contribution in [0.3, 0.4) is 0 Å². The average Bonchev–Trinajstić information content (AvgIpc) is 2.78. The molecule has 0 aliphatic carbocycles. The Morgan fingerprint density at radius 3 is 2.94 bits per heavy atom. The van der Waals surface area contributed by atoms with Crippen LogP contribution in [0.25, 0.3) is 0 Å². The molecule has 16 heavy (non-hydrogen) atoms. The van der Waals surface area contributed by atoms with Crippen molar-refractivity contribution in [3.8, 4) is 0 Å². The SMILES string of the molecule is CC1NC2C(O1)C(O)C(O)C1COC(=O)N12. The van der Waals surface area contributed by atoms with Gasteiger partial charge in [0, 0.05) is 0 Å². The Balaban J connectivity index is 1.94. The maximum Gasteiger partial charge on any atom is 0.411 e. The minimum absolute atomic E-state index is 0.107. The molecule has 6 unspecified atom stereocenters. The van der Waals surface area contributed by atoms with E-state index >= 15 is 0 Å². The van der Waals surface area contributed by atoms with Gasteiger partial charge in [-0.2, -0.15) is 0 Å². The highest BCUT2D eigenvalue weighted by molar-refractivity contribution is 5.71. The third-order valence-electron chi connectivity index (χ3n) is 3.40. The molecule has 3 saturated heterocycles. The average molecular weight is 230 g/mol. The molecule has 3 aliphatic heterocycles. The molecule has 3 N–H and O–H groups in total. The Labute approximate surface area is 91.9 Å². The van der Waals surface area contributed by atoms with E-state index in [1.54, 1.807) is 6.92 Å². The van der Waals surface area contributed by atoms with E-state index in [1.807, 2.05) is 0 Å². The molecular weight excluding hydrogens is 216 g/mol. The van der Waals surface area contributed by atoms with Crippen molar-refractivity contribution in [1.29, 1.82) is 0 Å². The van der Waals surface area contributed by atoms with Crippen LogP contribution in [0.2, 0.25) is 0 Å². The fraction of sp³-hybridized carbons (Fsp3) is 0.889. The molecule has 1 amide bonds. The summed E-state index contributed by atoms with van der Waals surface area (Å²) in [7, 11) is 0. The summed E-state index contributed by atoms with van der Waals surface area (Å²) >= 11 is 0. The molecule has 3 heterocycles. The van der Waals surface area contributed by atoms with E-state index in [2.05, 4.69) is 5.32 Å². The first-order valence-electron chi connectivity index (χ1n) is 5.32. The molecule has 90 valence electrons. The zero-order valence-electron chi connectivity index (χ0n) is 8.74. The Morgan fingerprint density at radius 1 is 1.44 bits per heavy atom. The summed E-state index contributed by atoms with van der Waals surface area (Å²) in [6.45, 7) is 1.89. The van der Waals surface area contributed by atoms with Gasteiger partial charge in [-0.3, -0.25) is 10.2 Å². The summed E-state index contributed by atoms with van der Waals surface area (Å²) in [6, 6.07) is -0.495. The second kappa shape index (κ2) is 3.30. The van der Waals surface area contributed by atoms with Crippen molar-refractivity contribution in [3.05, 3.63) is 0 Å². The number of nitrogens with one attached hydrogen (secondary N) is 1. The van der Waals surface area contributed by atoms with Crippen molar-refractivity contribution in [1.82, 2.24) is 10.2 Å². The zero-order chi connectivity index (χ0) is 11.4. The quantitative estimate of drug-likeness (QED) is 0.455. The predicted molar refractivity (Wildman–Crippen MR) is 50.2 cm³/mol. The van der Waals surface area contributed by atoms with E-state index in [0.717, 1.165) is 0 Å². The molecule has 7 nitrogen and oxygen atoms in total. The lowest BCUT2D eigenvalue weighted by molar-refractivity contribution is -0.140. The van der Waals surface area contributed by atoms with E-state index in [-0.39, 0.29) is 12.8 Å². The summed E-state index contributed by atoms with van der Waals surface area (Å²) < 4.78 is 10.3. The molecule has 7 heteroatoms. The van der Waals surface area contributed by atoms with Crippen LogP contribution in [0, 0.1) is 0 Å². The van der Waals surface area contributed by atoms with Gasteiger partial charge < -0.3 is 19.7 Å². The first-order valence-corrected chi connectivity index (χ1v) is 5.32. The normalized spacial score (nSPS) is 51.2. The van der Waals surface area contributed by atoms with Crippen molar-refractivity contribution in [2.24, 2.45) is 0 Å².